The lowest BCUT2D eigenvalue weighted by Crippen LogP contribution is -2.30. The van der Waals surface area contributed by atoms with E-state index in [4.69, 9.17) is 4.74 Å². The molecule has 3 aromatic carbocycles. The highest BCUT2D eigenvalue weighted by Gasteiger charge is 2.21. The van der Waals surface area contributed by atoms with Crippen LogP contribution in [0, 0.1) is 0 Å². The van der Waals surface area contributed by atoms with Crippen molar-refractivity contribution in [2.24, 2.45) is 0 Å². The fourth-order valence-electron chi connectivity index (χ4n) is 2.93. The Hall–Kier alpha value is -3.12. The molecule has 0 radical (unpaired) electrons. The molecule has 3 aromatic rings. The molecule has 5 nitrogen and oxygen atoms in total. The molecule has 0 fully saturated rings. The van der Waals surface area contributed by atoms with Gasteiger partial charge in [0.05, 0.1) is 16.7 Å². The number of amides is 1. The van der Waals surface area contributed by atoms with Crippen LogP contribution in [0.1, 0.15) is 23.6 Å². The lowest BCUT2D eigenvalue weighted by molar-refractivity contribution is 0.135. The molecule has 3 rings (SSSR count). The van der Waals surface area contributed by atoms with Crippen molar-refractivity contribution < 1.29 is 17.9 Å². The minimum atomic E-state index is -3.45. The molecule has 0 aliphatic carbocycles. The highest BCUT2D eigenvalue weighted by atomic mass is 32.2. The zero-order valence-corrected chi connectivity index (χ0v) is 16.7. The zero-order chi connectivity index (χ0) is 20.5. The van der Waals surface area contributed by atoms with Gasteiger partial charge in [0.2, 0.25) is 0 Å². The van der Waals surface area contributed by atoms with Gasteiger partial charge in [-0.2, -0.15) is 0 Å². The van der Waals surface area contributed by atoms with Gasteiger partial charge in [-0.3, -0.25) is 0 Å². The maximum atomic E-state index is 12.6. The van der Waals surface area contributed by atoms with Crippen LogP contribution in [0.4, 0.5) is 4.79 Å². The summed E-state index contributed by atoms with van der Waals surface area (Å²) in [6.07, 6.45) is -0.346. The first-order chi connectivity index (χ1) is 14.0. The molecule has 1 atom stereocenters. The number of alkyl carbamates (subject to hydrolysis) is 1. The van der Waals surface area contributed by atoms with Gasteiger partial charge in [0.25, 0.3) is 0 Å². The number of hydrogen-bond acceptors (Lipinski definition) is 4. The third kappa shape index (κ3) is 6.19. The van der Waals surface area contributed by atoms with Crippen LogP contribution in [0.2, 0.25) is 0 Å². The van der Waals surface area contributed by atoms with Crippen molar-refractivity contribution in [3.63, 3.8) is 0 Å². The molecule has 0 aromatic heterocycles. The summed E-state index contributed by atoms with van der Waals surface area (Å²) < 4.78 is 30.5. The summed E-state index contributed by atoms with van der Waals surface area (Å²) in [4.78, 5) is 12.6. The van der Waals surface area contributed by atoms with Crippen molar-refractivity contribution in [1.29, 1.82) is 0 Å². The number of sulfone groups is 1. The van der Waals surface area contributed by atoms with Gasteiger partial charge < -0.3 is 10.1 Å². The SMILES string of the molecule is O=C(NC(CCS(=O)(=O)c1ccccc1)c1ccccc1)OCc1ccccc1. The highest BCUT2D eigenvalue weighted by molar-refractivity contribution is 7.91. The quantitative estimate of drug-likeness (QED) is 0.594. The molecule has 0 aliphatic rings. The number of carbonyl (C=O) groups excluding carboxylic acids is 1. The van der Waals surface area contributed by atoms with Crippen LogP contribution in [0.15, 0.2) is 95.9 Å². The van der Waals surface area contributed by atoms with Crippen LogP contribution < -0.4 is 5.32 Å². The molecule has 6 heteroatoms. The molecule has 0 saturated carbocycles. The number of nitrogens with one attached hydrogen (secondary N) is 1. The molecular weight excluding hydrogens is 386 g/mol. The maximum absolute atomic E-state index is 12.6. The maximum Gasteiger partial charge on any atom is 0.407 e. The number of rotatable bonds is 8. The van der Waals surface area contributed by atoms with E-state index in [1.54, 1.807) is 30.3 Å². The van der Waals surface area contributed by atoms with E-state index in [-0.39, 0.29) is 23.7 Å². The summed E-state index contributed by atoms with van der Waals surface area (Å²) in [7, 11) is -3.45. The molecule has 1 amide bonds. The molecule has 0 spiro atoms. The molecule has 0 heterocycles. The molecule has 1 unspecified atom stereocenters. The van der Waals surface area contributed by atoms with Gasteiger partial charge >= 0.3 is 6.09 Å². The first-order valence-electron chi connectivity index (χ1n) is 9.34. The van der Waals surface area contributed by atoms with Gasteiger partial charge in [0.1, 0.15) is 6.61 Å². The summed E-state index contributed by atoms with van der Waals surface area (Å²) >= 11 is 0. The molecule has 0 bridgehead atoms. The van der Waals surface area contributed by atoms with E-state index in [1.807, 2.05) is 60.7 Å². The monoisotopic (exact) mass is 409 g/mol. The average molecular weight is 410 g/mol. The van der Waals surface area contributed by atoms with Crippen LogP contribution in [-0.4, -0.2) is 20.3 Å². The minimum Gasteiger partial charge on any atom is -0.445 e. The van der Waals surface area contributed by atoms with Crippen molar-refractivity contribution in [3.8, 4) is 0 Å². The van der Waals surface area contributed by atoms with E-state index in [1.165, 1.54) is 0 Å². The Kier molecular flexibility index (Phi) is 7.03. The van der Waals surface area contributed by atoms with Crippen molar-refractivity contribution in [1.82, 2.24) is 5.32 Å². The van der Waals surface area contributed by atoms with Crippen LogP contribution >= 0.6 is 0 Å². The first-order valence-corrected chi connectivity index (χ1v) is 11.0. The lowest BCUT2D eigenvalue weighted by atomic mass is 10.1. The van der Waals surface area contributed by atoms with E-state index in [0.29, 0.717) is 0 Å². The van der Waals surface area contributed by atoms with Crippen molar-refractivity contribution in [3.05, 3.63) is 102 Å². The Morgan fingerprint density at radius 3 is 2.00 bits per heavy atom. The fourth-order valence-corrected chi connectivity index (χ4v) is 4.29. The summed E-state index contributed by atoms with van der Waals surface area (Å²) in [5.74, 6) is -0.0878. The van der Waals surface area contributed by atoms with Gasteiger partial charge in [-0.05, 0) is 29.7 Å². The Morgan fingerprint density at radius 1 is 0.828 bits per heavy atom. The van der Waals surface area contributed by atoms with Crippen LogP contribution in [0.25, 0.3) is 0 Å². The van der Waals surface area contributed by atoms with Gasteiger partial charge in [-0.15, -0.1) is 0 Å². The summed E-state index contributed by atoms with van der Waals surface area (Å²) in [6, 6.07) is 26.5. The van der Waals surface area contributed by atoms with E-state index in [2.05, 4.69) is 5.32 Å². The first kappa shape index (κ1) is 20.6. The molecule has 150 valence electrons. The standard InChI is InChI=1S/C23H23NO4S/c25-23(28-18-19-10-4-1-5-11-19)24-22(20-12-6-2-7-13-20)16-17-29(26,27)21-14-8-3-9-15-21/h1-15,22H,16-18H2,(H,24,25). The van der Waals surface area contributed by atoms with E-state index in [9.17, 15) is 13.2 Å². The predicted molar refractivity (Wildman–Crippen MR) is 112 cm³/mol. The second kappa shape index (κ2) is 9.89. The largest absolute Gasteiger partial charge is 0.445 e. The number of benzene rings is 3. The minimum absolute atomic E-state index is 0.0878. The topological polar surface area (TPSA) is 72.5 Å². The molecule has 0 saturated heterocycles. The van der Waals surface area contributed by atoms with E-state index in [0.717, 1.165) is 11.1 Å². The lowest BCUT2D eigenvalue weighted by Gasteiger charge is -2.19. The number of hydrogen-bond donors (Lipinski definition) is 1. The van der Waals surface area contributed by atoms with Gasteiger partial charge in [-0.1, -0.05) is 78.9 Å². The van der Waals surface area contributed by atoms with Crippen LogP contribution in [0.3, 0.4) is 0 Å². The highest BCUT2D eigenvalue weighted by Crippen LogP contribution is 2.20. The Bertz CT molecular complexity index is 1010. The Labute approximate surface area is 171 Å². The van der Waals surface area contributed by atoms with Crippen LogP contribution in [0.5, 0.6) is 0 Å². The Morgan fingerprint density at radius 2 is 1.38 bits per heavy atom. The number of carbonyl (C=O) groups is 1. The molecule has 1 N–H and O–H groups in total. The summed E-state index contributed by atoms with van der Waals surface area (Å²) in [5, 5.41) is 2.80. The third-order valence-electron chi connectivity index (χ3n) is 4.48. The summed E-state index contributed by atoms with van der Waals surface area (Å²) in [5.41, 5.74) is 1.71. The van der Waals surface area contributed by atoms with Crippen molar-refractivity contribution >= 4 is 15.9 Å². The second-order valence-electron chi connectivity index (χ2n) is 6.59. The fraction of sp³-hybridized carbons (Fsp3) is 0.174. The van der Waals surface area contributed by atoms with Gasteiger partial charge in [0.15, 0.2) is 9.84 Å². The predicted octanol–water partition coefficient (Wildman–Crippen LogP) is 4.52. The molecular formula is C23H23NO4S. The third-order valence-corrected chi connectivity index (χ3v) is 6.25. The van der Waals surface area contributed by atoms with Gasteiger partial charge in [0, 0.05) is 0 Å². The second-order valence-corrected chi connectivity index (χ2v) is 8.70. The van der Waals surface area contributed by atoms with Crippen molar-refractivity contribution in [2.45, 2.75) is 24.0 Å². The van der Waals surface area contributed by atoms with E-state index < -0.39 is 22.0 Å². The zero-order valence-electron chi connectivity index (χ0n) is 15.9. The van der Waals surface area contributed by atoms with Crippen LogP contribution in [-0.2, 0) is 21.2 Å². The molecule has 29 heavy (non-hydrogen) atoms. The average Bonchev–Trinajstić information content (AvgIpc) is 2.77. The summed E-state index contributed by atoms with van der Waals surface area (Å²) in [6.45, 7) is 0.149. The Balaban J connectivity index is 1.66. The van der Waals surface area contributed by atoms with E-state index >= 15 is 0 Å². The normalized spacial score (nSPS) is 12.1. The molecule has 0 aliphatic heterocycles. The number of ether oxygens (including phenoxy) is 1. The van der Waals surface area contributed by atoms with Gasteiger partial charge in [-0.25, -0.2) is 13.2 Å². The smallest absolute Gasteiger partial charge is 0.407 e. The van der Waals surface area contributed by atoms with Crippen molar-refractivity contribution in [2.75, 3.05) is 5.75 Å².